The van der Waals surface area contributed by atoms with Crippen LogP contribution in [0.4, 0.5) is 0 Å². The van der Waals surface area contributed by atoms with Crippen LogP contribution < -0.4 is 9.47 Å². The largest absolute Gasteiger partial charge is 0.497 e. The van der Waals surface area contributed by atoms with E-state index in [1.807, 2.05) is 23.1 Å². The standard InChI is InChI=1S/C15H21NO4/c1-19-12-5-6-14(20-2)11(9-12)10-13(15(17)18)16-7-3-4-8-16/h5-6,9,13H,3-4,7-8,10H2,1-2H3,(H,17,18). The molecule has 1 aliphatic heterocycles. The first-order chi connectivity index (χ1) is 9.65. The average Bonchev–Trinajstić information content (AvgIpc) is 2.97. The number of methoxy groups -OCH3 is 2. The molecule has 0 saturated carbocycles. The van der Waals surface area contributed by atoms with E-state index in [9.17, 15) is 9.90 Å². The Bertz CT molecular complexity index is 469. The summed E-state index contributed by atoms with van der Waals surface area (Å²) in [5.74, 6) is 0.638. The van der Waals surface area contributed by atoms with Gasteiger partial charge in [0.15, 0.2) is 0 Å². The lowest BCUT2D eigenvalue weighted by atomic mass is 10.0. The minimum atomic E-state index is -0.781. The minimum Gasteiger partial charge on any atom is -0.497 e. The maximum absolute atomic E-state index is 11.5. The molecule has 5 heteroatoms. The van der Waals surface area contributed by atoms with E-state index in [1.165, 1.54) is 0 Å². The highest BCUT2D eigenvalue weighted by atomic mass is 16.5. The van der Waals surface area contributed by atoms with E-state index in [4.69, 9.17) is 9.47 Å². The van der Waals surface area contributed by atoms with E-state index >= 15 is 0 Å². The lowest BCUT2D eigenvalue weighted by Gasteiger charge is -2.24. The Hall–Kier alpha value is -1.75. The van der Waals surface area contributed by atoms with Crippen LogP contribution in [0.3, 0.4) is 0 Å². The molecule has 2 rings (SSSR count). The molecule has 1 fully saturated rings. The van der Waals surface area contributed by atoms with Gasteiger partial charge in [-0.05, 0) is 49.7 Å². The summed E-state index contributed by atoms with van der Waals surface area (Å²) >= 11 is 0. The van der Waals surface area contributed by atoms with E-state index in [0.29, 0.717) is 17.9 Å². The lowest BCUT2D eigenvalue weighted by molar-refractivity contribution is -0.142. The fraction of sp³-hybridized carbons (Fsp3) is 0.533. The van der Waals surface area contributed by atoms with Crippen molar-refractivity contribution in [2.75, 3.05) is 27.3 Å². The van der Waals surface area contributed by atoms with E-state index in [1.54, 1.807) is 14.2 Å². The zero-order chi connectivity index (χ0) is 14.5. The maximum Gasteiger partial charge on any atom is 0.321 e. The number of carboxylic acid groups (broad SMARTS) is 1. The molecule has 1 N–H and O–H groups in total. The number of likely N-dealkylation sites (tertiary alicyclic amines) is 1. The van der Waals surface area contributed by atoms with E-state index in [-0.39, 0.29) is 0 Å². The van der Waals surface area contributed by atoms with Crippen LogP contribution in [-0.2, 0) is 11.2 Å². The fourth-order valence-electron chi connectivity index (χ4n) is 2.68. The van der Waals surface area contributed by atoms with Crippen LogP contribution in [0.15, 0.2) is 18.2 Å². The van der Waals surface area contributed by atoms with E-state index < -0.39 is 12.0 Å². The van der Waals surface area contributed by atoms with Gasteiger partial charge in [-0.2, -0.15) is 0 Å². The highest BCUT2D eigenvalue weighted by Crippen LogP contribution is 2.27. The van der Waals surface area contributed by atoms with Crippen molar-refractivity contribution < 1.29 is 19.4 Å². The molecule has 0 amide bonds. The summed E-state index contributed by atoms with van der Waals surface area (Å²) in [7, 11) is 3.19. The Balaban J connectivity index is 2.22. The topological polar surface area (TPSA) is 59.0 Å². The van der Waals surface area contributed by atoms with Crippen LogP contribution in [0.1, 0.15) is 18.4 Å². The first kappa shape index (κ1) is 14.7. The highest BCUT2D eigenvalue weighted by molar-refractivity contribution is 5.74. The van der Waals surface area contributed by atoms with Gasteiger partial charge in [-0.25, -0.2) is 0 Å². The first-order valence-electron chi connectivity index (χ1n) is 6.83. The zero-order valence-corrected chi connectivity index (χ0v) is 12.0. The summed E-state index contributed by atoms with van der Waals surface area (Å²) in [6.45, 7) is 1.70. The molecule has 0 aromatic heterocycles. The molecule has 1 heterocycles. The van der Waals surface area contributed by atoms with Gasteiger partial charge >= 0.3 is 5.97 Å². The van der Waals surface area contributed by atoms with Crippen LogP contribution in [0.25, 0.3) is 0 Å². The Kier molecular flexibility index (Phi) is 4.84. The molecule has 20 heavy (non-hydrogen) atoms. The molecule has 1 unspecified atom stereocenters. The minimum absolute atomic E-state index is 0.426. The summed E-state index contributed by atoms with van der Waals surface area (Å²) in [6, 6.07) is 4.98. The van der Waals surface area contributed by atoms with Gasteiger partial charge in [0, 0.05) is 6.42 Å². The molecule has 1 aromatic carbocycles. The number of aliphatic carboxylic acids is 1. The molecular formula is C15H21NO4. The molecule has 110 valence electrons. The molecule has 0 radical (unpaired) electrons. The van der Waals surface area contributed by atoms with Gasteiger partial charge in [0.25, 0.3) is 0 Å². The van der Waals surface area contributed by atoms with Crippen LogP contribution in [0.2, 0.25) is 0 Å². The second-order valence-corrected chi connectivity index (χ2v) is 4.98. The summed E-state index contributed by atoms with van der Waals surface area (Å²) < 4.78 is 10.5. The van der Waals surface area contributed by atoms with Crippen molar-refractivity contribution in [3.05, 3.63) is 23.8 Å². The van der Waals surface area contributed by atoms with Crippen molar-refractivity contribution in [3.8, 4) is 11.5 Å². The average molecular weight is 279 g/mol. The lowest BCUT2D eigenvalue weighted by Crippen LogP contribution is -2.40. The van der Waals surface area contributed by atoms with E-state index in [0.717, 1.165) is 31.5 Å². The van der Waals surface area contributed by atoms with Crippen molar-refractivity contribution in [2.45, 2.75) is 25.3 Å². The predicted molar refractivity (Wildman–Crippen MR) is 75.5 cm³/mol. The number of carbonyl (C=O) groups is 1. The van der Waals surface area contributed by atoms with Gasteiger partial charge in [0.2, 0.25) is 0 Å². The number of hydrogen-bond acceptors (Lipinski definition) is 4. The third-order valence-corrected chi connectivity index (χ3v) is 3.77. The Morgan fingerprint density at radius 3 is 2.55 bits per heavy atom. The number of benzene rings is 1. The van der Waals surface area contributed by atoms with Crippen molar-refractivity contribution >= 4 is 5.97 Å². The molecule has 1 aliphatic rings. The molecule has 0 bridgehead atoms. The smallest absolute Gasteiger partial charge is 0.321 e. The van der Waals surface area contributed by atoms with Crippen molar-refractivity contribution in [1.82, 2.24) is 4.90 Å². The van der Waals surface area contributed by atoms with E-state index in [2.05, 4.69) is 0 Å². The molecule has 5 nitrogen and oxygen atoms in total. The molecule has 1 saturated heterocycles. The third kappa shape index (κ3) is 3.22. The third-order valence-electron chi connectivity index (χ3n) is 3.77. The van der Waals surface area contributed by atoms with Crippen LogP contribution >= 0.6 is 0 Å². The number of carboxylic acids is 1. The fourth-order valence-corrected chi connectivity index (χ4v) is 2.68. The Labute approximate surface area is 119 Å². The SMILES string of the molecule is COc1ccc(OC)c(CC(C(=O)O)N2CCCC2)c1. The number of hydrogen-bond donors (Lipinski definition) is 1. The number of nitrogens with zero attached hydrogens (tertiary/aromatic N) is 1. The highest BCUT2D eigenvalue weighted by Gasteiger charge is 2.29. The molecule has 1 aromatic rings. The van der Waals surface area contributed by atoms with Crippen molar-refractivity contribution in [1.29, 1.82) is 0 Å². The maximum atomic E-state index is 11.5. The van der Waals surface area contributed by atoms with Crippen LogP contribution in [0, 0.1) is 0 Å². The monoisotopic (exact) mass is 279 g/mol. The zero-order valence-electron chi connectivity index (χ0n) is 12.0. The molecule has 1 atom stereocenters. The van der Waals surface area contributed by atoms with Gasteiger partial charge in [0.1, 0.15) is 17.5 Å². The van der Waals surface area contributed by atoms with Gasteiger partial charge in [0.05, 0.1) is 14.2 Å². The predicted octanol–water partition coefficient (Wildman–Crippen LogP) is 1.80. The number of rotatable bonds is 6. The van der Waals surface area contributed by atoms with Gasteiger partial charge in [-0.15, -0.1) is 0 Å². The normalized spacial score (nSPS) is 16.9. The second-order valence-electron chi connectivity index (χ2n) is 4.98. The van der Waals surface area contributed by atoms with Gasteiger partial charge < -0.3 is 14.6 Å². The summed E-state index contributed by atoms with van der Waals surface area (Å²) in [5.41, 5.74) is 0.867. The van der Waals surface area contributed by atoms with Crippen molar-refractivity contribution in [3.63, 3.8) is 0 Å². The summed E-state index contributed by atoms with van der Waals surface area (Å²) in [6.07, 6.45) is 2.56. The summed E-state index contributed by atoms with van der Waals surface area (Å²) in [5, 5.41) is 9.47. The second kappa shape index (κ2) is 6.61. The van der Waals surface area contributed by atoms with Crippen molar-refractivity contribution in [2.24, 2.45) is 0 Å². The van der Waals surface area contributed by atoms with Gasteiger partial charge in [-0.3, -0.25) is 9.69 Å². The Morgan fingerprint density at radius 1 is 1.30 bits per heavy atom. The van der Waals surface area contributed by atoms with Crippen LogP contribution in [-0.4, -0.2) is 49.3 Å². The number of ether oxygens (including phenoxy) is 2. The quantitative estimate of drug-likeness (QED) is 0.860. The molecule has 0 spiro atoms. The first-order valence-corrected chi connectivity index (χ1v) is 6.83. The molecule has 0 aliphatic carbocycles. The van der Waals surface area contributed by atoms with Crippen LogP contribution in [0.5, 0.6) is 11.5 Å². The van der Waals surface area contributed by atoms with Gasteiger partial charge in [-0.1, -0.05) is 0 Å². The summed E-state index contributed by atoms with van der Waals surface area (Å²) in [4.78, 5) is 13.6. The molecular weight excluding hydrogens is 258 g/mol. The Morgan fingerprint density at radius 2 is 2.00 bits per heavy atom.